The molecule has 0 aliphatic heterocycles. The summed E-state index contributed by atoms with van der Waals surface area (Å²) < 4.78 is 11.3. The van der Waals surface area contributed by atoms with Gasteiger partial charge < -0.3 is 13.6 Å². The lowest BCUT2D eigenvalue weighted by molar-refractivity contribution is 0.673. The van der Waals surface area contributed by atoms with Crippen molar-refractivity contribution in [1.82, 2.24) is 9.13 Å². The van der Waals surface area contributed by atoms with Crippen molar-refractivity contribution >= 4 is 65.6 Å². The summed E-state index contributed by atoms with van der Waals surface area (Å²) >= 11 is 0. The van der Waals surface area contributed by atoms with E-state index in [-0.39, 0.29) is 0 Å². The number of hydrogen-bond acceptors (Lipinski definition) is 2. The normalized spacial score (nSPS) is 11.8. The van der Waals surface area contributed by atoms with Crippen LogP contribution in [0, 0.1) is 11.3 Å². The van der Waals surface area contributed by atoms with Gasteiger partial charge in [0.05, 0.1) is 39.1 Å². The average Bonchev–Trinajstić information content (AvgIpc) is 3.88. The van der Waals surface area contributed by atoms with Gasteiger partial charge in [0.25, 0.3) is 0 Å². The molecule has 0 radical (unpaired) electrons. The van der Waals surface area contributed by atoms with Crippen LogP contribution >= 0.6 is 0 Å². The second kappa shape index (κ2) is 11.3. The first-order valence-corrected chi connectivity index (χ1v) is 17.8. The maximum atomic E-state index is 10.6. The van der Waals surface area contributed by atoms with Crippen LogP contribution in [0.2, 0.25) is 0 Å². The van der Waals surface area contributed by atoms with Gasteiger partial charge in [-0.1, -0.05) is 115 Å². The molecule has 53 heavy (non-hydrogen) atoms. The molecule has 0 amide bonds. The summed E-state index contributed by atoms with van der Waals surface area (Å²) in [6, 6.07) is 64.2. The minimum Gasteiger partial charge on any atom is -0.455 e. The summed E-state index contributed by atoms with van der Waals surface area (Å²) in [5.41, 5.74) is 12.8. The van der Waals surface area contributed by atoms with Crippen LogP contribution in [0.5, 0.6) is 0 Å². The molecule has 0 bridgehead atoms. The van der Waals surface area contributed by atoms with E-state index in [9.17, 15) is 5.26 Å². The van der Waals surface area contributed by atoms with Crippen LogP contribution in [-0.4, -0.2) is 9.13 Å². The molecule has 0 spiro atoms. The number of nitriles is 1. The second-order valence-corrected chi connectivity index (χ2v) is 13.6. The van der Waals surface area contributed by atoms with E-state index in [1.165, 1.54) is 10.8 Å². The zero-order valence-corrected chi connectivity index (χ0v) is 28.5. The molecule has 246 valence electrons. The highest BCUT2D eigenvalue weighted by Crippen LogP contribution is 2.42. The predicted octanol–water partition coefficient (Wildman–Crippen LogP) is 13.0. The maximum absolute atomic E-state index is 10.6. The Kier molecular flexibility index (Phi) is 6.28. The molecule has 0 fully saturated rings. The Labute approximate surface area is 304 Å². The third-order valence-electron chi connectivity index (χ3n) is 10.7. The zero-order chi connectivity index (χ0) is 35.0. The van der Waals surface area contributed by atoms with E-state index in [0.717, 1.165) is 88.4 Å². The molecule has 0 unspecified atom stereocenters. The van der Waals surface area contributed by atoms with E-state index >= 15 is 0 Å². The lowest BCUT2D eigenvalue weighted by Gasteiger charge is -2.17. The van der Waals surface area contributed by atoms with Gasteiger partial charge in [-0.05, 0) is 82.9 Å². The molecule has 0 N–H and O–H groups in total. The fraction of sp³-hybridized carbons (Fsp3) is 0. The van der Waals surface area contributed by atoms with Crippen molar-refractivity contribution < 1.29 is 4.42 Å². The van der Waals surface area contributed by atoms with Gasteiger partial charge in [-0.25, -0.2) is 0 Å². The van der Waals surface area contributed by atoms with Crippen molar-refractivity contribution in [3.63, 3.8) is 0 Å². The molecule has 0 saturated carbocycles. The summed E-state index contributed by atoms with van der Waals surface area (Å²) in [7, 11) is 0. The molecule has 8 aromatic carbocycles. The summed E-state index contributed by atoms with van der Waals surface area (Å²) in [6.45, 7) is 0. The molecule has 4 nitrogen and oxygen atoms in total. The number of para-hydroxylation sites is 4. The Hall–Kier alpha value is -7.35. The van der Waals surface area contributed by atoms with E-state index in [2.05, 4.69) is 155 Å². The van der Waals surface area contributed by atoms with Crippen LogP contribution in [0.15, 0.2) is 180 Å². The Morgan fingerprint density at radius 1 is 0.415 bits per heavy atom. The van der Waals surface area contributed by atoms with Crippen LogP contribution in [0.25, 0.3) is 99.2 Å². The SMILES string of the molecule is N#Cc1cc(-c2ccccc2)ccc1-c1cc(-n2c3ccccc3c3ccccc32)cc(-n2c3ccccc3c3c4oc5ccccc5c4ccc32)c1. The quantitative estimate of drug-likeness (QED) is 0.186. The highest BCUT2D eigenvalue weighted by atomic mass is 16.3. The lowest BCUT2D eigenvalue weighted by Crippen LogP contribution is -2.00. The number of furan rings is 1. The van der Waals surface area contributed by atoms with Crippen molar-refractivity contribution in [2.75, 3.05) is 0 Å². The highest BCUT2D eigenvalue weighted by molar-refractivity contribution is 6.24. The Balaban J connectivity index is 1.24. The summed E-state index contributed by atoms with van der Waals surface area (Å²) in [5, 5.41) is 17.4. The van der Waals surface area contributed by atoms with E-state index < -0.39 is 0 Å². The molecule has 4 heteroatoms. The first-order chi connectivity index (χ1) is 26.2. The van der Waals surface area contributed by atoms with Gasteiger partial charge in [-0.15, -0.1) is 0 Å². The van der Waals surface area contributed by atoms with Gasteiger partial charge in [-0.3, -0.25) is 0 Å². The molecular weight excluding hydrogens is 647 g/mol. The minimum absolute atomic E-state index is 0.628. The third-order valence-corrected chi connectivity index (χ3v) is 10.7. The van der Waals surface area contributed by atoms with Crippen LogP contribution in [-0.2, 0) is 0 Å². The van der Waals surface area contributed by atoms with Gasteiger partial charge in [-0.2, -0.15) is 5.26 Å². The van der Waals surface area contributed by atoms with Crippen molar-refractivity contribution in [3.8, 4) is 39.7 Å². The Morgan fingerprint density at radius 3 is 1.70 bits per heavy atom. The molecule has 3 aromatic heterocycles. The maximum Gasteiger partial charge on any atom is 0.145 e. The third kappa shape index (κ3) is 4.35. The topological polar surface area (TPSA) is 46.8 Å². The zero-order valence-electron chi connectivity index (χ0n) is 28.5. The van der Waals surface area contributed by atoms with E-state index in [4.69, 9.17) is 4.42 Å². The number of nitrogens with zero attached hydrogens (tertiary/aromatic N) is 3. The fourth-order valence-electron chi connectivity index (χ4n) is 8.42. The summed E-state index contributed by atoms with van der Waals surface area (Å²) in [4.78, 5) is 0. The smallest absolute Gasteiger partial charge is 0.145 e. The van der Waals surface area contributed by atoms with Crippen molar-refractivity contribution in [1.29, 1.82) is 5.26 Å². The first-order valence-electron chi connectivity index (χ1n) is 17.8. The minimum atomic E-state index is 0.628. The Morgan fingerprint density at radius 2 is 1.00 bits per heavy atom. The number of rotatable bonds is 4. The number of benzene rings is 8. The van der Waals surface area contributed by atoms with Crippen molar-refractivity contribution in [3.05, 3.63) is 181 Å². The highest BCUT2D eigenvalue weighted by Gasteiger charge is 2.21. The summed E-state index contributed by atoms with van der Waals surface area (Å²) in [5.74, 6) is 0. The second-order valence-electron chi connectivity index (χ2n) is 13.6. The average molecular weight is 676 g/mol. The predicted molar refractivity (Wildman–Crippen MR) is 218 cm³/mol. The largest absolute Gasteiger partial charge is 0.455 e. The van der Waals surface area contributed by atoms with Gasteiger partial charge in [0.2, 0.25) is 0 Å². The molecule has 0 atom stereocenters. The lowest BCUT2D eigenvalue weighted by atomic mass is 9.95. The Bertz CT molecular complexity index is 3250. The van der Waals surface area contributed by atoms with Gasteiger partial charge >= 0.3 is 0 Å². The molecule has 11 aromatic rings. The monoisotopic (exact) mass is 675 g/mol. The molecule has 0 saturated heterocycles. The van der Waals surface area contributed by atoms with Crippen molar-refractivity contribution in [2.24, 2.45) is 0 Å². The van der Waals surface area contributed by atoms with Crippen LogP contribution < -0.4 is 0 Å². The first kappa shape index (κ1) is 29.4. The van der Waals surface area contributed by atoms with Gasteiger partial charge in [0, 0.05) is 38.3 Å². The van der Waals surface area contributed by atoms with Crippen LogP contribution in [0.1, 0.15) is 5.56 Å². The van der Waals surface area contributed by atoms with E-state index in [0.29, 0.717) is 5.56 Å². The van der Waals surface area contributed by atoms with Crippen LogP contribution in [0.3, 0.4) is 0 Å². The number of fused-ring (bicyclic) bond motifs is 10. The molecule has 11 rings (SSSR count). The summed E-state index contributed by atoms with van der Waals surface area (Å²) in [6.07, 6.45) is 0. The molecular formula is C49H29N3O. The van der Waals surface area contributed by atoms with E-state index in [1.54, 1.807) is 0 Å². The fourth-order valence-corrected chi connectivity index (χ4v) is 8.42. The standard InChI is InChI=1S/C49H29N3O/c50-30-34-26-32(31-12-2-1-3-13-31)22-23-37(34)33-27-35(51-43-18-8-4-14-38(43)39-15-5-9-19-44(39)51)29-36(28-33)52-45-20-10-6-17-42(45)48-46(52)25-24-41-40-16-7-11-21-47(40)53-49(41)48/h1-29H. The number of aromatic nitrogens is 2. The van der Waals surface area contributed by atoms with Crippen molar-refractivity contribution in [2.45, 2.75) is 0 Å². The molecule has 0 aliphatic carbocycles. The van der Waals surface area contributed by atoms with Gasteiger partial charge in [0.15, 0.2) is 0 Å². The van der Waals surface area contributed by atoms with E-state index in [1.807, 2.05) is 36.4 Å². The molecule has 0 aliphatic rings. The number of hydrogen-bond donors (Lipinski definition) is 0. The molecule has 3 heterocycles. The van der Waals surface area contributed by atoms with Gasteiger partial charge in [0.1, 0.15) is 11.2 Å². The van der Waals surface area contributed by atoms with Crippen LogP contribution in [0.4, 0.5) is 0 Å².